The zero-order chi connectivity index (χ0) is 17.7. The van der Waals surface area contributed by atoms with Gasteiger partial charge in [0.2, 0.25) is 0 Å². The number of hydrogen-bond donors (Lipinski definition) is 1. The van der Waals surface area contributed by atoms with Gasteiger partial charge < -0.3 is 19.9 Å². The third-order valence-corrected chi connectivity index (χ3v) is 5.52. The average molecular weight is 345 g/mol. The SMILES string of the molecule is CN=C(NCc1cccc(OCCN(C)C)c1)N1CCC2(CCC2)C1. The summed E-state index contributed by atoms with van der Waals surface area (Å²) in [6.07, 6.45) is 5.52. The van der Waals surface area contributed by atoms with Crippen molar-refractivity contribution >= 4 is 5.96 Å². The molecule has 0 atom stereocenters. The normalized spacial score (nSPS) is 19.4. The summed E-state index contributed by atoms with van der Waals surface area (Å²) in [5.74, 6) is 1.97. The zero-order valence-corrected chi connectivity index (χ0v) is 15.9. The molecule has 2 aliphatic rings. The zero-order valence-electron chi connectivity index (χ0n) is 15.9. The highest BCUT2D eigenvalue weighted by Gasteiger charge is 2.43. The average Bonchev–Trinajstić information content (AvgIpc) is 3.01. The summed E-state index contributed by atoms with van der Waals surface area (Å²) < 4.78 is 5.83. The molecule has 1 heterocycles. The first-order valence-electron chi connectivity index (χ1n) is 9.42. The predicted molar refractivity (Wildman–Crippen MR) is 103 cm³/mol. The number of nitrogens with one attached hydrogen (secondary N) is 1. The molecule has 138 valence electrons. The van der Waals surface area contributed by atoms with Crippen molar-refractivity contribution in [2.24, 2.45) is 10.4 Å². The highest BCUT2D eigenvalue weighted by molar-refractivity contribution is 5.80. The summed E-state index contributed by atoms with van der Waals surface area (Å²) in [7, 11) is 6.00. The molecular formula is C20H32N4O. The third kappa shape index (κ3) is 4.66. The summed E-state index contributed by atoms with van der Waals surface area (Å²) in [5, 5.41) is 3.53. The van der Waals surface area contributed by atoms with Crippen LogP contribution in [0.4, 0.5) is 0 Å². The first-order valence-corrected chi connectivity index (χ1v) is 9.42. The quantitative estimate of drug-likeness (QED) is 0.636. The second kappa shape index (κ2) is 8.09. The van der Waals surface area contributed by atoms with Gasteiger partial charge in [0.15, 0.2) is 5.96 Å². The fraction of sp³-hybridized carbons (Fsp3) is 0.650. The maximum atomic E-state index is 5.83. The Labute approximate surface area is 152 Å². The maximum absolute atomic E-state index is 5.83. The van der Waals surface area contributed by atoms with Gasteiger partial charge in [0.25, 0.3) is 0 Å². The van der Waals surface area contributed by atoms with E-state index in [9.17, 15) is 0 Å². The fourth-order valence-electron chi connectivity index (χ4n) is 3.81. The van der Waals surface area contributed by atoms with Crippen molar-refractivity contribution in [3.8, 4) is 5.75 Å². The van der Waals surface area contributed by atoms with E-state index in [1.807, 2.05) is 13.1 Å². The van der Waals surface area contributed by atoms with Gasteiger partial charge in [-0.15, -0.1) is 0 Å². The van der Waals surface area contributed by atoms with Gasteiger partial charge in [0.05, 0.1) is 0 Å². The molecule has 1 aliphatic carbocycles. The summed E-state index contributed by atoms with van der Waals surface area (Å²) in [6, 6.07) is 8.34. The summed E-state index contributed by atoms with van der Waals surface area (Å²) in [6.45, 7) is 4.71. The Kier molecular flexibility index (Phi) is 5.84. The summed E-state index contributed by atoms with van der Waals surface area (Å²) in [4.78, 5) is 9.05. The number of likely N-dealkylation sites (N-methyl/N-ethyl adjacent to an activating group) is 1. The van der Waals surface area contributed by atoms with Gasteiger partial charge in [-0.05, 0) is 56.5 Å². The van der Waals surface area contributed by atoms with Crippen LogP contribution >= 0.6 is 0 Å². The summed E-state index contributed by atoms with van der Waals surface area (Å²) >= 11 is 0. The van der Waals surface area contributed by atoms with Gasteiger partial charge in [-0.2, -0.15) is 0 Å². The second-order valence-electron chi connectivity index (χ2n) is 7.73. The first kappa shape index (κ1) is 18.1. The second-order valence-corrected chi connectivity index (χ2v) is 7.73. The molecule has 0 amide bonds. The number of hydrogen-bond acceptors (Lipinski definition) is 3. The largest absolute Gasteiger partial charge is 0.492 e. The topological polar surface area (TPSA) is 40.1 Å². The van der Waals surface area contributed by atoms with E-state index in [1.165, 1.54) is 37.8 Å². The third-order valence-electron chi connectivity index (χ3n) is 5.52. The highest BCUT2D eigenvalue weighted by atomic mass is 16.5. The van der Waals surface area contributed by atoms with Gasteiger partial charge in [-0.25, -0.2) is 0 Å². The van der Waals surface area contributed by atoms with Crippen molar-refractivity contribution in [2.75, 3.05) is 47.4 Å². The molecule has 0 aromatic heterocycles. The van der Waals surface area contributed by atoms with E-state index in [4.69, 9.17) is 4.74 Å². The number of benzene rings is 1. The molecule has 1 saturated carbocycles. The molecule has 3 rings (SSSR count). The molecule has 1 spiro atoms. The molecule has 5 heteroatoms. The van der Waals surface area contributed by atoms with Crippen molar-refractivity contribution in [3.63, 3.8) is 0 Å². The monoisotopic (exact) mass is 344 g/mol. The van der Waals surface area contributed by atoms with Crippen molar-refractivity contribution in [2.45, 2.75) is 32.2 Å². The number of ether oxygens (including phenoxy) is 1. The van der Waals surface area contributed by atoms with Crippen molar-refractivity contribution in [3.05, 3.63) is 29.8 Å². The Morgan fingerprint density at radius 2 is 2.16 bits per heavy atom. The Morgan fingerprint density at radius 1 is 1.32 bits per heavy atom. The lowest BCUT2D eigenvalue weighted by molar-refractivity contribution is 0.151. The van der Waals surface area contributed by atoms with Crippen LogP contribution in [-0.2, 0) is 6.54 Å². The van der Waals surface area contributed by atoms with Crippen LogP contribution in [0, 0.1) is 5.41 Å². The van der Waals surface area contributed by atoms with Crippen LogP contribution in [0.5, 0.6) is 5.75 Å². The molecule has 0 radical (unpaired) electrons. The van der Waals surface area contributed by atoms with Crippen LogP contribution in [0.3, 0.4) is 0 Å². The molecule has 2 fully saturated rings. The molecule has 0 bridgehead atoms. The van der Waals surface area contributed by atoms with Crippen molar-refractivity contribution in [1.82, 2.24) is 15.1 Å². The van der Waals surface area contributed by atoms with Crippen LogP contribution in [0.2, 0.25) is 0 Å². The lowest BCUT2D eigenvalue weighted by Crippen LogP contribution is -2.42. The molecule has 1 aromatic rings. The van der Waals surface area contributed by atoms with Gasteiger partial charge >= 0.3 is 0 Å². The molecule has 1 saturated heterocycles. The van der Waals surface area contributed by atoms with E-state index in [1.54, 1.807) is 0 Å². The lowest BCUT2D eigenvalue weighted by Gasteiger charge is -2.38. The fourth-order valence-corrected chi connectivity index (χ4v) is 3.81. The Bertz CT molecular complexity index is 595. The van der Waals surface area contributed by atoms with E-state index in [0.717, 1.165) is 31.3 Å². The van der Waals surface area contributed by atoms with E-state index < -0.39 is 0 Å². The molecule has 1 N–H and O–H groups in total. The van der Waals surface area contributed by atoms with Crippen molar-refractivity contribution < 1.29 is 4.74 Å². The van der Waals surface area contributed by atoms with Gasteiger partial charge in [0.1, 0.15) is 12.4 Å². The number of rotatable bonds is 6. The number of guanidine groups is 1. The number of likely N-dealkylation sites (tertiary alicyclic amines) is 1. The first-order chi connectivity index (χ1) is 12.1. The van der Waals surface area contributed by atoms with E-state index in [2.05, 4.69) is 52.4 Å². The minimum atomic E-state index is 0.595. The molecule has 1 aliphatic heterocycles. The van der Waals surface area contributed by atoms with Crippen LogP contribution in [0.25, 0.3) is 0 Å². The Hall–Kier alpha value is -1.75. The van der Waals surface area contributed by atoms with Crippen LogP contribution < -0.4 is 10.1 Å². The Balaban J connectivity index is 1.50. The predicted octanol–water partition coefficient (Wildman–Crippen LogP) is 2.58. The van der Waals surface area contributed by atoms with Gasteiger partial charge in [0, 0.05) is 33.2 Å². The molecule has 1 aromatic carbocycles. The maximum Gasteiger partial charge on any atom is 0.193 e. The number of aliphatic imine (C=N–C) groups is 1. The lowest BCUT2D eigenvalue weighted by atomic mass is 9.68. The Morgan fingerprint density at radius 3 is 2.80 bits per heavy atom. The van der Waals surface area contributed by atoms with E-state index in [0.29, 0.717) is 12.0 Å². The highest BCUT2D eigenvalue weighted by Crippen LogP contribution is 2.47. The minimum Gasteiger partial charge on any atom is -0.492 e. The van der Waals surface area contributed by atoms with Crippen LogP contribution in [0.15, 0.2) is 29.3 Å². The summed E-state index contributed by atoms with van der Waals surface area (Å²) in [5.41, 5.74) is 1.82. The van der Waals surface area contributed by atoms with Gasteiger partial charge in [-0.1, -0.05) is 18.6 Å². The minimum absolute atomic E-state index is 0.595. The van der Waals surface area contributed by atoms with Crippen LogP contribution in [-0.4, -0.2) is 63.1 Å². The molecule has 0 unspecified atom stereocenters. The van der Waals surface area contributed by atoms with E-state index >= 15 is 0 Å². The van der Waals surface area contributed by atoms with Crippen LogP contribution in [0.1, 0.15) is 31.2 Å². The standard InChI is InChI=1S/C20H32N4O/c1-21-19(24-11-10-20(16-24)8-5-9-20)22-15-17-6-4-7-18(14-17)25-13-12-23(2)3/h4,6-7,14H,5,8-13,15-16H2,1-3H3,(H,21,22). The number of nitrogens with zero attached hydrogens (tertiary/aromatic N) is 3. The molecular weight excluding hydrogens is 312 g/mol. The van der Waals surface area contributed by atoms with Crippen molar-refractivity contribution in [1.29, 1.82) is 0 Å². The smallest absolute Gasteiger partial charge is 0.193 e. The molecule has 25 heavy (non-hydrogen) atoms. The van der Waals surface area contributed by atoms with E-state index in [-0.39, 0.29) is 0 Å². The van der Waals surface area contributed by atoms with Gasteiger partial charge in [-0.3, -0.25) is 4.99 Å². The molecule has 5 nitrogen and oxygen atoms in total.